The van der Waals surface area contributed by atoms with Crippen LogP contribution in [-0.2, 0) is 25.9 Å². The van der Waals surface area contributed by atoms with E-state index in [4.69, 9.17) is 4.74 Å². The molecule has 2 amide bonds. The van der Waals surface area contributed by atoms with Crippen LogP contribution < -0.4 is 5.32 Å². The van der Waals surface area contributed by atoms with Crippen molar-refractivity contribution in [1.29, 1.82) is 0 Å². The summed E-state index contributed by atoms with van der Waals surface area (Å²) in [5.41, 5.74) is 0.832. The summed E-state index contributed by atoms with van der Waals surface area (Å²) >= 11 is 0. The summed E-state index contributed by atoms with van der Waals surface area (Å²) in [4.78, 5) is 25.8. The SMILES string of the molecule is CN(Cc1cccc(NC(=O)CCS(=O)(=O)C2CCCC2)c1)C(=O)OC(C)(C)C. The number of nitrogens with one attached hydrogen (secondary N) is 1. The molecule has 0 saturated heterocycles. The summed E-state index contributed by atoms with van der Waals surface area (Å²) in [7, 11) is -1.57. The van der Waals surface area contributed by atoms with Crippen molar-refractivity contribution in [2.24, 2.45) is 0 Å². The number of nitrogens with zero attached hydrogens (tertiary/aromatic N) is 1. The van der Waals surface area contributed by atoms with Crippen LogP contribution in [0.3, 0.4) is 0 Å². The minimum absolute atomic E-state index is 0.0547. The minimum Gasteiger partial charge on any atom is -0.444 e. The van der Waals surface area contributed by atoms with Gasteiger partial charge in [0.05, 0.1) is 11.0 Å². The molecule has 0 radical (unpaired) electrons. The third-order valence-corrected chi connectivity index (χ3v) is 7.02. The van der Waals surface area contributed by atoms with E-state index in [1.165, 1.54) is 4.90 Å². The molecule has 29 heavy (non-hydrogen) atoms. The molecule has 1 aliphatic rings. The van der Waals surface area contributed by atoms with E-state index in [0.717, 1.165) is 18.4 Å². The van der Waals surface area contributed by atoms with Gasteiger partial charge in [-0.1, -0.05) is 25.0 Å². The number of benzene rings is 1. The van der Waals surface area contributed by atoms with Crippen LogP contribution in [0.5, 0.6) is 0 Å². The van der Waals surface area contributed by atoms with Gasteiger partial charge in [-0.3, -0.25) is 4.79 Å². The van der Waals surface area contributed by atoms with E-state index >= 15 is 0 Å². The van der Waals surface area contributed by atoms with Gasteiger partial charge in [-0.05, 0) is 51.3 Å². The molecule has 1 saturated carbocycles. The number of hydrogen-bond acceptors (Lipinski definition) is 5. The highest BCUT2D eigenvalue weighted by molar-refractivity contribution is 7.92. The summed E-state index contributed by atoms with van der Waals surface area (Å²) in [5.74, 6) is -0.450. The third-order valence-electron chi connectivity index (χ3n) is 4.76. The zero-order valence-corrected chi connectivity index (χ0v) is 18.5. The number of ether oxygens (including phenoxy) is 1. The maximum absolute atomic E-state index is 12.3. The zero-order chi connectivity index (χ0) is 21.7. The minimum atomic E-state index is -3.21. The molecule has 7 nitrogen and oxygen atoms in total. The standard InChI is InChI=1S/C21H32N2O5S/c1-21(2,3)28-20(25)23(4)15-16-8-7-9-17(14-16)22-19(24)12-13-29(26,27)18-10-5-6-11-18/h7-9,14,18H,5-6,10-13,15H2,1-4H3,(H,22,24). The molecular formula is C21H32N2O5S. The van der Waals surface area contributed by atoms with Crippen LogP contribution in [-0.4, -0.2) is 49.0 Å². The van der Waals surface area contributed by atoms with Gasteiger partial charge in [0.1, 0.15) is 5.60 Å². The topological polar surface area (TPSA) is 92.8 Å². The first-order chi connectivity index (χ1) is 13.5. The average Bonchev–Trinajstić information content (AvgIpc) is 3.14. The Hall–Kier alpha value is -2.09. The van der Waals surface area contributed by atoms with E-state index in [2.05, 4.69) is 5.32 Å². The molecule has 0 bridgehead atoms. The average molecular weight is 425 g/mol. The quantitative estimate of drug-likeness (QED) is 0.720. The molecule has 0 atom stereocenters. The number of sulfone groups is 1. The van der Waals surface area contributed by atoms with Crippen molar-refractivity contribution < 1.29 is 22.7 Å². The molecule has 8 heteroatoms. The van der Waals surface area contributed by atoms with E-state index in [-0.39, 0.29) is 23.3 Å². The van der Waals surface area contributed by atoms with Crippen molar-refractivity contribution >= 4 is 27.5 Å². The van der Waals surface area contributed by atoms with Crippen LogP contribution in [0.15, 0.2) is 24.3 Å². The van der Waals surface area contributed by atoms with Crippen LogP contribution >= 0.6 is 0 Å². The van der Waals surface area contributed by atoms with Crippen LogP contribution in [0, 0.1) is 0 Å². The Balaban J connectivity index is 1.88. The normalized spacial score (nSPS) is 15.2. The smallest absolute Gasteiger partial charge is 0.410 e. The first kappa shape index (κ1) is 23.2. The van der Waals surface area contributed by atoms with Crippen LogP contribution in [0.4, 0.5) is 10.5 Å². The summed E-state index contributed by atoms with van der Waals surface area (Å²) < 4.78 is 29.9. The predicted octanol–water partition coefficient (Wildman–Crippen LogP) is 3.74. The maximum Gasteiger partial charge on any atom is 0.410 e. The van der Waals surface area contributed by atoms with Crippen molar-refractivity contribution in [2.45, 2.75) is 70.3 Å². The van der Waals surface area contributed by atoms with Gasteiger partial charge in [-0.15, -0.1) is 0 Å². The van der Waals surface area contributed by atoms with Gasteiger partial charge < -0.3 is 15.0 Å². The van der Waals surface area contributed by atoms with Crippen molar-refractivity contribution in [2.75, 3.05) is 18.1 Å². The Bertz CT molecular complexity index is 824. The first-order valence-corrected chi connectivity index (χ1v) is 11.7. The number of hydrogen-bond donors (Lipinski definition) is 1. The molecule has 2 rings (SSSR count). The molecule has 162 valence electrons. The highest BCUT2D eigenvalue weighted by atomic mass is 32.2. The number of carbonyl (C=O) groups excluding carboxylic acids is 2. The van der Waals surface area contributed by atoms with E-state index in [0.29, 0.717) is 25.1 Å². The zero-order valence-electron chi connectivity index (χ0n) is 17.7. The molecule has 0 aliphatic heterocycles. The predicted molar refractivity (Wildman–Crippen MR) is 113 cm³/mol. The van der Waals surface area contributed by atoms with Crippen LogP contribution in [0.2, 0.25) is 0 Å². The van der Waals surface area contributed by atoms with Gasteiger partial charge in [-0.2, -0.15) is 0 Å². The molecule has 1 N–H and O–H groups in total. The lowest BCUT2D eigenvalue weighted by molar-refractivity contribution is -0.115. The van der Waals surface area contributed by atoms with Gasteiger partial charge in [0.2, 0.25) is 5.91 Å². The maximum atomic E-state index is 12.3. The van der Waals surface area contributed by atoms with Gasteiger partial charge in [0, 0.05) is 25.7 Å². The summed E-state index contributed by atoms with van der Waals surface area (Å²) in [5, 5.41) is 2.46. The molecule has 1 fully saturated rings. The number of anilines is 1. The molecule has 0 spiro atoms. The highest BCUT2D eigenvalue weighted by Gasteiger charge is 2.28. The lowest BCUT2D eigenvalue weighted by Gasteiger charge is -2.24. The Morgan fingerprint density at radius 3 is 2.48 bits per heavy atom. The second-order valence-corrected chi connectivity index (χ2v) is 11.0. The molecular weight excluding hydrogens is 392 g/mol. The monoisotopic (exact) mass is 424 g/mol. The second-order valence-electron chi connectivity index (χ2n) is 8.61. The largest absolute Gasteiger partial charge is 0.444 e. The Labute approximate surface area is 173 Å². The Kier molecular flexibility index (Phi) is 7.68. The summed E-state index contributed by atoms with van der Waals surface area (Å²) in [6, 6.07) is 7.13. The van der Waals surface area contributed by atoms with Crippen molar-refractivity contribution in [1.82, 2.24) is 4.90 Å². The van der Waals surface area contributed by atoms with E-state index in [1.807, 2.05) is 26.8 Å². The summed E-state index contributed by atoms with van der Waals surface area (Å²) in [6.45, 7) is 5.75. The van der Waals surface area contributed by atoms with Crippen molar-refractivity contribution in [3.8, 4) is 0 Å². The fourth-order valence-electron chi connectivity index (χ4n) is 3.30. The molecule has 1 aliphatic carbocycles. The van der Waals surface area contributed by atoms with Gasteiger partial charge in [0.25, 0.3) is 0 Å². The fraction of sp³-hybridized carbons (Fsp3) is 0.619. The lowest BCUT2D eigenvalue weighted by Crippen LogP contribution is -2.33. The second kappa shape index (κ2) is 9.61. The lowest BCUT2D eigenvalue weighted by atomic mass is 10.2. The molecule has 0 aromatic heterocycles. The number of amides is 2. The van der Waals surface area contributed by atoms with Gasteiger partial charge >= 0.3 is 6.09 Å². The fourth-order valence-corrected chi connectivity index (χ4v) is 5.15. The van der Waals surface area contributed by atoms with Crippen molar-refractivity contribution in [3.05, 3.63) is 29.8 Å². The van der Waals surface area contributed by atoms with E-state index < -0.39 is 21.5 Å². The van der Waals surface area contributed by atoms with Crippen LogP contribution in [0.1, 0.15) is 58.4 Å². The highest BCUT2D eigenvalue weighted by Crippen LogP contribution is 2.25. The summed E-state index contributed by atoms with van der Waals surface area (Å²) in [6.07, 6.45) is 2.82. The molecule has 0 heterocycles. The van der Waals surface area contributed by atoms with Gasteiger partial charge in [0.15, 0.2) is 9.84 Å². The number of carbonyl (C=O) groups is 2. The van der Waals surface area contributed by atoms with E-state index in [9.17, 15) is 18.0 Å². The van der Waals surface area contributed by atoms with E-state index in [1.54, 1.807) is 25.2 Å². The molecule has 1 aromatic rings. The molecule has 1 aromatic carbocycles. The molecule has 0 unspecified atom stereocenters. The third kappa shape index (κ3) is 7.68. The Morgan fingerprint density at radius 2 is 1.86 bits per heavy atom. The first-order valence-electron chi connectivity index (χ1n) is 10.0. The Morgan fingerprint density at radius 1 is 1.21 bits per heavy atom. The number of rotatable bonds is 7. The van der Waals surface area contributed by atoms with Crippen LogP contribution in [0.25, 0.3) is 0 Å². The van der Waals surface area contributed by atoms with Gasteiger partial charge in [-0.25, -0.2) is 13.2 Å². The van der Waals surface area contributed by atoms with Crippen molar-refractivity contribution in [3.63, 3.8) is 0 Å².